The van der Waals surface area contributed by atoms with Gasteiger partial charge in [0.05, 0.1) is 30.6 Å². The molecule has 1 aromatic carbocycles. The second-order valence-electron chi connectivity index (χ2n) is 6.48. The van der Waals surface area contributed by atoms with Crippen LogP contribution in [0, 0.1) is 0 Å². The molecule has 2 heterocycles. The third-order valence-electron chi connectivity index (χ3n) is 4.45. The Hall–Kier alpha value is -3.09. The highest BCUT2D eigenvalue weighted by Gasteiger charge is 2.20. The highest BCUT2D eigenvalue weighted by atomic mass is 16.3. The fourth-order valence-corrected chi connectivity index (χ4v) is 3.03. The van der Waals surface area contributed by atoms with Crippen LogP contribution in [-0.2, 0) is 16.1 Å². The van der Waals surface area contributed by atoms with Gasteiger partial charge in [-0.05, 0) is 37.1 Å². The normalized spacial score (nSPS) is 14.5. The summed E-state index contributed by atoms with van der Waals surface area (Å²) in [6, 6.07) is 10.3. The topological polar surface area (TPSA) is 91.7 Å². The van der Waals surface area contributed by atoms with Gasteiger partial charge >= 0.3 is 0 Å². The number of hydrogen-bond acceptors (Lipinski definition) is 4. The number of amides is 3. The monoisotopic (exact) mass is 369 g/mol. The predicted molar refractivity (Wildman–Crippen MR) is 100.0 cm³/mol. The van der Waals surface area contributed by atoms with Crippen LogP contribution in [0.25, 0.3) is 0 Å². The maximum atomic E-state index is 12.5. The first-order valence-corrected chi connectivity index (χ1v) is 9.11. The fourth-order valence-electron chi connectivity index (χ4n) is 3.03. The minimum absolute atomic E-state index is 0.00117. The minimum atomic E-state index is -0.312. The Morgan fingerprint density at radius 1 is 1.07 bits per heavy atom. The van der Waals surface area contributed by atoms with Gasteiger partial charge in [0.25, 0.3) is 5.91 Å². The molecule has 3 rings (SSSR count). The quantitative estimate of drug-likeness (QED) is 0.819. The molecule has 2 N–H and O–H groups in total. The molecule has 27 heavy (non-hydrogen) atoms. The van der Waals surface area contributed by atoms with Crippen molar-refractivity contribution in [1.29, 1.82) is 0 Å². The number of furan rings is 1. The zero-order valence-electron chi connectivity index (χ0n) is 15.1. The minimum Gasteiger partial charge on any atom is -0.467 e. The summed E-state index contributed by atoms with van der Waals surface area (Å²) in [4.78, 5) is 38.5. The number of para-hydroxylation sites is 1. The van der Waals surface area contributed by atoms with Gasteiger partial charge in [0, 0.05) is 13.0 Å². The lowest BCUT2D eigenvalue weighted by Crippen LogP contribution is -2.37. The number of nitrogens with one attached hydrogen (secondary N) is 2. The van der Waals surface area contributed by atoms with Crippen molar-refractivity contribution in [3.8, 4) is 0 Å². The van der Waals surface area contributed by atoms with Gasteiger partial charge in [-0.25, -0.2) is 0 Å². The van der Waals surface area contributed by atoms with Gasteiger partial charge in [-0.3, -0.25) is 14.4 Å². The average molecular weight is 369 g/mol. The Bertz CT molecular complexity index is 801. The molecule has 0 unspecified atom stereocenters. The fraction of sp³-hybridized carbons (Fsp3) is 0.350. The Morgan fingerprint density at radius 2 is 1.93 bits per heavy atom. The van der Waals surface area contributed by atoms with Crippen LogP contribution in [0.3, 0.4) is 0 Å². The molecule has 1 aromatic heterocycles. The van der Waals surface area contributed by atoms with E-state index < -0.39 is 0 Å². The number of benzene rings is 1. The van der Waals surface area contributed by atoms with E-state index in [1.54, 1.807) is 47.6 Å². The molecule has 7 nitrogen and oxygen atoms in total. The summed E-state index contributed by atoms with van der Waals surface area (Å²) in [5, 5.41) is 5.52. The van der Waals surface area contributed by atoms with E-state index in [4.69, 9.17) is 4.42 Å². The molecule has 0 spiro atoms. The van der Waals surface area contributed by atoms with Crippen molar-refractivity contribution in [2.24, 2.45) is 0 Å². The van der Waals surface area contributed by atoms with Gasteiger partial charge in [-0.2, -0.15) is 0 Å². The SMILES string of the molecule is O=C(CN1CCCCCC1=O)Nc1ccccc1C(=O)NCc1ccco1. The molecule has 0 radical (unpaired) electrons. The molecule has 7 heteroatoms. The molecule has 0 bridgehead atoms. The van der Waals surface area contributed by atoms with Crippen molar-refractivity contribution in [3.63, 3.8) is 0 Å². The van der Waals surface area contributed by atoms with E-state index in [1.807, 2.05) is 0 Å². The lowest BCUT2D eigenvalue weighted by Gasteiger charge is -2.20. The Morgan fingerprint density at radius 3 is 2.74 bits per heavy atom. The van der Waals surface area contributed by atoms with Gasteiger partial charge in [0.2, 0.25) is 11.8 Å². The smallest absolute Gasteiger partial charge is 0.253 e. The van der Waals surface area contributed by atoms with Gasteiger partial charge in [-0.1, -0.05) is 18.6 Å². The van der Waals surface area contributed by atoms with E-state index in [-0.39, 0.29) is 30.8 Å². The van der Waals surface area contributed by atoms with E-state index in [2.05, 4.69) is 10.6 Å². The lowest BCUT2D eigenvalue weighted by atomic mass is 10.1. The number of nitrogens with zero attached hydrogens (tertiary/aromatic N) is 1. The summed E-state index contributed by atoms with van der Waals surface area (Å²) in [6.07, 6.45) is 4.81. The van der Waals surface area contributed by atoms with Crippen LogP contribution >= 0.6 is 0 Å². The summed E-state index contributed by atoms with van der Waals surface area (Å²) in [5.41, 5.74) is 0.779. The largest absolute Gasteiger partial charge is 0.467 e. The van der Waals surface area contributed by atoms with Crippen molar-refractivity contribution in [1.82, 2.24) is 10.2 Å². The molecule has 1 fully saturated rings. The van der Waals surface area contributed by atoms with Crippen molar-refractivity contribution in [2.75, 3.05) is 18.4 Å². The summed E-state index contributed by atoms with van der Waals surface area (Å²) >= 11 is 0. The van der Waals surface area contributed by atoms with E-state index in [0.29, 0.717) is 30.0 Å². The highest BCUT2D eigenvalue weighted by Crippen LogP contribution is 2.16. The second-order valence-corrected chi connectivity index (χ2v) is 6.48. The van der Waals surface area contributed by atoms with Crippen LogP contribution in [0.2, 0.25) is 0 Å². The van der Waals surface area contributed by atoms with Crippen LogP contribution in [0.15, 0.2) is 47.1 Å². The zero-order chi connectivity index (χ0) is 19.1. The average Bonchev–Trinajstić information content (AvgIpc) is 3.11. The lowest BCUT2D eigenvalue weighted by molar-refractivity contribution is -0.134. The number of likely N-dealkylation sites (tertiary alicyclic amines) is 1. The molecule has 3 amide bonds. The van der Waals surface area contributed by atoms with Gasteiger partial charge in [-0.15, -0.1) is 0 Å². The summed E-state index contributed by atoms with van der Waals surface area (Å²) in [5.74, 6) is 0.0290. The Balaban J connectivity index is 1.61. The molecular weight excluding hydrogens is 346 g/mol. The van der Waals surface area contributed by atoms with Gasteiger partial charge < -0.3 is 20.0 Å². The van der Waals surface area contributed by atoms with E-state index in [1.165, 1.54) is 0 Å². The third-order valence-corrected chi connectivity index (χ3v) is 4.45. The van der Waals surface area contributed by atoms with Crippen molar-refractivity contribution in [2.45, 2.75) is 32.2 Å². The molecular formula is C20H23N3O4. The van der Waals surface area contributed by atoms with Crippen LogP contribution in [-0.4, -0.2) is 35.7 Å². The Kier molecular flexibility index (Phi) is 6.25. The molecule has 1 saturated heterocycles. The van der Waals surface area contributed by atoms with Crippen LogP contribution in [0.4, 0.5) is 5.69 Å². The Labute approximate surface area is 157 Å². The van der Waals surface area contributed by atoms with Crippen LogP contribution in [0.1, 0.15) is 41.8 Å². The van der Waals surface area contributed by atoms with Crippen LogP contribution < -0.4 is 10.6 Å². The summed E-state index contributed by atoms with van der Waals surface area (Å²) in [6.45, 7) is 0.856. The number of carbonyl (C=O) groups is 3. The number of rotatable bonds is 6. The van der Waals surface area contributed by atoms with Crippen molar-refractivity contribution < 1.29 is 18.8 Å². The molecule has 142 valence electrons. The summed E-state index contributed by atoms with van der Waals surface area (Å²) in [7, 11) is 0. The van der Waals surface area contributed by atoms with Crippen molar-refractivity contribution in [3.05, 3.63) is 54.0 Å². The van der Waals surface area contributed by atoms with E-state index in [0.717, 1.165) is 19.3 Å². The maximum absolute atomic E-state index is 12.5. The molecule has 0 aliphatic carbocycles. The first-order valence-electron chi connectivity index (χ1n) is 9.11. The van der Waals surface area contributed by atoms with Crippen LogP contribution in [0.5, 0.6) is 0 Å². The number of anilines is 1. The summed E-state index contributed by atoms with van der Waals surface area (Å²) < 4.78 is 5.20. The second kappa shape index (κ2) is 9.02. The van der Waals surface area contributed by atoms with E-state index >= 15 is 0 Å². The first kappa shape index (κ1) is 18.7. The first-order chi connectivity index (χ1) is 13.1. The molecule has 0 saturated carbocycles. The zero-order valence-corrected chi connectivity index (χ0v) is 15.1. The van der Waals surface area contributed by atoms with Gasteiger partial charge in [0.15, 0.2) is 0 Å². The third kappa shape index (κ3) is 5.20. The predicted octanol–water partition coefficient (Wildman–Crippen LogP) is 2.55. The molecule has 1 aliphatic heterocycles. The number of carbonyl (C=O) groups excluding carboxylic acids is 3. The van der Waals surface area contributed by atoms with E-state index in [9.17, 15) is 14.4 Å². The van der Waals surface area contributed by atoms with Crippen molar-refractivity contribution >= 4 is 23.4 Å². The van der Waals surface area contributed by atoms with Gasteiger partial charge in [0.1, 0.15) is 5.76 Å². The maximum Gasteiger partial charge on any atom is 0.253 e. The number of hydrogen-bond donors (Lipinski definition) is 2. The standard InChI is InChI=1S/C20H23N3O4/c24-18(14-23-11-5-1-2-10-19(23)25)22-17-9-4-3-8-16(17)20(26)21-13-15-7-6-12-27-15/h3-4,6-9,12H,1-2,5,10-11,13-14H2,(H,21,26)(H,22,24). The highest BCUT2D eigenvalue weighted by molar-refractivity contribution is 6.04. The molecule has 2 aromatic rings. The molecule has 1 aliphatic rings. The molecule has 0 atom stereocenters.